The van der Waals surface area contributed by atoms with Crippen molar-refractivity contribution in [3.8, 4) is 0 Å². The number of carbonyl (C=O) groups is 2. The summed E-state index contributed by atoms with van der Waals surface area (Å²) in [5, 5.41) is 11.5. The summed E-state index contributed by atoms with van der Waals surface area (Å²) < 4.78 is 16.5. The van der Waals surface area contributed by atoms with Crippen LogP contribution in [0.15, 0.2) is 12.2 Å². The number of esters is 1. The minimum atomic E-state index is -0.699. The highest BCUT2D eigenvalue weighted by atomic mass is 16.6. The van der Waals surface area contributed by atoms with Crippen LogP contribution in [-0.2, 0) is 19.0 Å². The zero-order valence-electron chi connectivity index (χ0n) is 19.4. The third-order valence-electron chi connectivity index (χ3n) is 5.33. The Hall–Kier alpha value is -1.60. The van der Waals surface area contributed by atoms with Crippen molar-refractivity contribution >= 4 is 12.1 Å². The number of aliphatic hydroxyl groups excluding tert-OH is 1. The molecule has 0 saturated heterocycles. The second-order valence-corrected chi connectivity index (χ2v) is 9.17. The van der Waals surface area contributed by atoms with E-state index in [1.807, 2.05) is 13.8 Å². The molecule has 0 aliphatic carbocycles. The van der Waals surface area contributed by atoms with Crippen molar-refractivity contribution < 1.29 is 28.9 Å². The van der Waals surface area contributed by atoms with Crippen LogP contribution in [0.3, 0.4) is 0 Å². The molecule has 2 N–H and O–H groups in total. The van der Waals surface area contributed by atoms with Crippen LogP contribution in [0, 0.1) is 5.41 Å². The summed E-state index contributed by atoms with van der Waals surface area (Å²) in [4.78, 5) is 23.2. The number of carbonyl (C=O) groups excluding carboxylic acids is 2. The first-order valence-corrected chi connectivity index (χ1v) is 10.3. The molecule has 170 valence electrons. The van der Waals surface area contributed by atoms with Gasteiger partial charge >= 0.3 is 12.1 Å². The topological polar surface area (TPSA) is 94.1 Å². The van der Waals surface area contributed by atoms with Crippen molar-refractivity contribution in [2.75, 3.05) is 26.4 Å². The van der Waals surface area contributed by atoms with E-state index in [1.54, 1.807) is 6.92 Å². The molecule has 0 heterocycles. The maximum Gasteiger partial charge on any atom is 0.407 e. The third kappa shape index (κ3) is 11.2. The first-order valence-electron chi connectivity index (χ1n) is 10.3. The number of ether oxygens (including phenoxy) is 3. The Kier molecular flexibility index (Phi) is 11.5. The molecule has 0 atom stereocenters. The van der Waals surface area contributed by atoms with Crippen molar-refractivity contribution in [2.24, 2.45) is 5.41 Å². The van der Waals surface area contributed by atoms with Crippen LogP contribution in [0.2, 0.25) is 0 Å². The van der Waals surface area contributed by atoms with E-state index in [0.717, 1.165) is 19.3 Å². The fraction of sp³-hybridized carbons (Fsp3) is 0.818. The molecule has 0 fully saturated rings. The van der Waals surface area contributed by atoms with Gasteiger partial charge in [-0.2, -0.15) is 0 Å². The van der Waals surface area contributed by atoms with Gasteiger partial charge in [0.1, 0.15) is 12.2 Å². The van der Waals surface area contributed by atoms with E-state index < -0.39 is 17.7 Å². The van der Waals surface area contributed by atoms with Gasteiger partial charge in [-0.3, -0.25) is 0 Å². The Bertz CT molecular complexity index is 539. The van der Waals surface area contributed by atoms with Crippen LogP contribution in [0.1, 0.15) is 74.1 Å². The summed E-state index contributed by atoms with van der Waals surface area (Å²) in [5.41, 5.74) is -0.789. The maximum atomic E-state index is 12.0. The molecule has 0 radical (unpaired) electrons. The fourth-order valence-corrected chi connectivity index (χ4v) is 2.49. The number of aliphatic hydroxyl groups is 1. The first-order chi connectivity index (χ1) is 13.2. The predicted molar refractivity (Wildman–Crippen MR) is 114 cm³/mol. The lowest BCUT2D eigenvalue weighted by Crippen LogP contribution is -2.43. The van der Waals surface area contributed by atoms with E-state index in [1.165, 1.54) is 0 Å². The number of amides is 1. The van der Waals surface area contributed by atoms with E-state index in [9.17, 15) is 9.59 Å². The van der Waals surface area contributed by atoms with Crippen molar-refractivity contribution in [1.29, 1.82) is 0 Å². The monoisotopic (exact) mass is 415 g/mol. The molecule has 0 bridgehead atoms. The highest BCUT2D eigenvalue weighted by Crippen LogP contribution is 2.38. The minimum Gasteiger partial charge on any atom is -0.460 e. The Morgan fingerprint density at radius 3 is 2.17 bits per heavy atom. The van der Waals surface area contributed by atoms with Crippen LogP contribution in [-0.4, -0.2) is 54.7 Å². The predicted octanol–water partition coefficient (Wildman–Crippen LogP) is 3.98. The molecule has 0 unspecified atom stereocenters. The molecular weight excluding hydrogens is 374 g/mol. The summed E-state index contributed by atoms with van der Waals surface area (Å²) in [7, 11) is 0. The highest BCUT2D eigenvalue weighted by molar-refractivity contribution is 5.86. The van der Waals surface area contributed by atoms with Gasteiger partial charge in [0.05, 0.1) is 18.8 Å². The van der Waals surface area contributed by atoms with Gasteiger partial charge in [-0.15, -0.1) is 0 Å². The number of unbranched alkanes of at least 4 members (excludes halogenated alkanes) is 1. The molecule has 29 heavy (non-hydrogen) atoms. The highest BCUT2D eigenvalue weighted by Gasteiger charge is 2.37. The first kappa shape index (κ1) is 27.4. The average molecular weight is 416 g/mol. The van der Waals surface area contributed by atoms with E-state index in [-0.39, 0.29) is 30.8 Å². The van der Waals surface area contributed by atoms with Crippen molar-refractivity contribution in [3.63, 3.8) is 0 Å². The zero-order valence-corrected chi connectivity index (χ0v) is 19.4. The summed E-state index contributed by atoms with van der Waals surface area (Å²) >= 11 is 0. The summed E-state index contributed by atoms with van der Waals surface area (Å²) in [6, 6.07) is 0. The van der Waals surface area contributed by atoms with Gasteiger partial charge in [-0.25, -0.2) is 9.59 Å². The molecule has 7 nitrogen and oxygen atoms in total. The lowest BCUT2D eigenvalue weighted by Gasteiger charge is -2.42. The molecule has 0 saturated carbocycles. The minimum absolute atomic E-state index is 0.0498. The fourth-order valence-electron chi connectivity index (χ4n) is 2.49. The molecular formula is C22H41NO6. The van der Waals surface area contributed by atoms with Crippen LogP contribution in [0.4, 0.5) is 4.79 Å². The Balaban J connectivity index is 4.31. The van der Waals surface area contributed by atoms with Crippen molar-refractivity contribution in [1.82, 2.24) is 5.32 Å². The Morgan fingerprint density at radius 1 is 1.00 bits per heavy atom. The number of nitrogens with one attached hydrogen (secondary N) is 1. The van der Waals surface area contributed by atoms with E-state index in [4.69, 9.17) is 19.3 Å². The number of hydrogen-bond donors (Lipinski definition) is 2. The van der Waals surface area contributed by atoms with Crippen LogP contribution in [0.25, 0.3) is 0 Å². The molecule has 0 spiro atoms. The normalized spacial score (nSPS) is 12.4. The van der Waals surface area contributed by atoms with E-state index in [2.05, 4.69) is 39.6 Å². The lowest BCUT2D eigenvalue weighted by atomic mass is 9.73. The largest absolute Gasteiger partial charge is 0.460 e. The molecule has 1 amide bonds. The molecule has 0 aliphatic heterocycles. The molecule has 0 aromatic carbocycles. The van der Waals surface area contributed by atoms with Gasteiger partial charge in [0.15, 0.2) is 0 Å². The molecule has 7 heteroatoms. The summed E-state index contributed by atoms with van der Waals surface area (Å²) in [6.45, 7) is 18.1. The summed E-state index contributed by atoms with van der Waals surface area (Å²) in [5.74, 6) is -0.487. The number of alkyl carbamates (subject to hydrolysis) is 1. The summed E-state index contributed by atoms with van der Waals surface area (Å²) in [6.07, 6.45) is 2.68. The zero-order chi connectivity index (χ0) is 22.7. The molecule has 0 aliphatic rings. The molecule has 0 aromatic heterocycles. The standard InChI is InChI=1S/C22H41NO6/c1-17(2)18(25)27-16-13-23-19(26)29-21(5,6)12-15-28-22(7,8)20(3,4)11-9-10-14-24/h24H,1,9-16H2,2-8H3,(H,23,26). The SMILES string of the molecule is C=C(C)C(=O)OCCNC(=O)OC(C)(C)CCOC(C)(C)C(C)(C)CCCCO. The van der Waals surface area contributed by atoms with Gasteiger partial charge < -0.3 is 24.6 Å². The van der Waals surface area contributed by atoms with Gasteiger partial charge in [-0.05, 0) is 52.9 Å². The van der Waals surface area contributed by atoms with E-state index >= 15 is 0 Å². The van der Waals surface area contributed by atoms with Crippen LogP contribution in [0.5, 0.6) is 0 Å². The Morgan fingerprint density at radius 2 is 1.62 bits per heavy atom. The lowest BCUT2D eigenvalue weighted by molar-refractivity contribution is -0.138. The van der Waals surface area contributed by atoms with Gasteiger partial charge in [0.25, 0.3) is 0 Å². The smallest absolute Gasteiger partial charge is 0.407 e. The van der Waals surface area contributed by atoms with Crippen LogP contribution >= 0.6 is 0 Å². The quantitative estimate of drug-likeness (QED) is 0.253. The van der Waals surface area contributed by atoms with Crippen molar-refractivity contribution in [3.05, 3.63) is 12.2 Å². The molecule has 0 aromatic rings. The second kappa shape index (κ2) is 12.2. The third-order valence-corrected chi connectivity index (χ3v) is 5.33. The number of hydrogen-bond acceptors (Lipinski definition) is 6. The Labute approximate surface area is 176 Å². The number of rotatable bonds is 14. The molecule has 0 rings (SSSR count). The van der Waals surface area contributed by atoms with Crippen LogP contribution < -0.4 is 5.32 Å². The van der Waals surface area contributed by atoms with Gasteiger partial charge in [0.2, 0.25) is 0 Å². The van der Waals surface area contributed by atoms with E-state index in [0.29, 0.717) is 18.6 Å². The van der Waals surface area contributed by atoms with Crippen molar-refractivity contribution in [2.45, 2.75) is 85.4 Å². The van der Waals surface area contributed by atoms with Gasteiger partial charge in [0, 0.05) is 18.6 Å². The van der Waals surface area contributed by atoms with Gasteiger partial charge in [-0.1, -0.05) is 26.8 Å². The maximum absolute atomic E-state index is 12.0. The second-order valence-electron chi connectivity index (χ2n) is 9.17. The average Bonchev–Trinajstić information content (AvgIpc) is 2.57.